The van der Waals surface area contributed by atoms with Gasteiger partial charge in [-0.1, -0.05) is 44.7 Å². The van der Waals surface area contributed by atoms with Crippen molar-refractivity contribution in [2.24, 2.45) is 0 Å². The van der Waals surface area contributed by atoms with Gasteiger partial charge in [0, 0.05) is 12.1 Å². The molecule has 0 heterocycles. The van der Waals surface area contributed by atoms with Crippen molar-refractivity contribution in [1.29, 1.82) is 0 Å². The van der Waals surface area contributed by atoms with Gasteiger partial charge in [-0.25, -0.2) is 0 Å². The molecule has 12 heavy (non-hydrogen) atoms. The maximum atomic E-state index is 11.7. The maximum Gasteiger partial charge on any atom is 0.0501 e. The molecular formula is C10H17FS. The third kappa shape index (κ3) is 9.50. The Kier molecular flexibility index (Phi) is 15.4. The number of hydrogen-bond acceptors (Lipinski definition) is 1. The Hall–Kier alpha value is -0.500. The normalized spacial score (nSPS) is 10.8. The predicted molar refractivity (Wildman–Crippen MR) is 58.0 cm³/mol. The Morgan fingerprint density at radius 2 is 2.08 bits per heavy atom. The molecule has 0 aromatic carbocycles. The molecule has 0 aromatic rings. The van der Waals surface area contributed by atoms with Crippen molar-refractivity contribution in [3.8, 4) is 0 Å². The first-order valence-electron chi connectivity index (χ1n) is 4.03. The van der Waals surface area contributed by atoms with E-state index < -0.39 is 0 Å². The molecule has 0 aliphatic carbocycles. The smallest absolute Gasteiger partial charge is 0.0501 e. The molecule has 0 aliphatic heterocycles. The Bertz CT molecular complexity index is 148. The second kappa shape index (κ2) is 13.1. The summed E-state index contributed by atoms with van der Waals surface area (Å²) in [6, 6.07) is 0. The van der Waals surface area contributed by atoms with E-state index in [1.807, 2.05) is 32.9 Å². The second-order valence-corrected chi connectivity index (χ2v) is 2.24. The van der Waals surface area contributed by atoms with Crippen LogP contribution in [-0.2, 0) is 0 Å². The topological polar surface area (TPSA) is 0 Å². The summed E-state index contributed by atoms with van der Waals surface area (Å²) in [7, 11) is 0. The molecule has 0 aromatic heterocycles. The van der Waals surface area contributed by atoms with Gasteiger partial charge in [0.05, 0.1) is 5.75 Å². The van der Waals surface area contributed by atoms with Crippen LogP contribution in [0.15, 0.2) is 36.5 Å². The minimum atomic E-state index is 0.322. The average Bonchev–Trinajstić information content (AvgIpc) is 2.10. The molecule has 0 fully saturated rings. The molecule has 0 spiro atoms. The van der Waals surface area contributed by atoms with Crippen LogP contribution in [0.3, 0.4) is 0 Å². The van der Waals surface area contributed by atoms with Crippen molar-refractivity contribution in [3.63, 3.8) is 0 Å². The first-order valence-corrected chi connectivity index (χ1v) is 4.91. The highest BCUT2D eigenvalue weighted by atomic mass is 32.2. The van der Waals surface area contributed by atoms with E-state index in [1.54, 1.807) is 12.2 Å². The molecule has 0 atom stereocenters. The van der Waals surface area contributed by atoms with E-state index in [0.29, 0.717) is 17.9 Å². The molecular weight excluding hydrogens is 171 g/mol. The SMILES string of the molecule is C=C/C=C(\C=C/C)CSF.CC. The van der Waals surface area contributed by atoms with Gasteiger partial charge in [0.25, 0.3) is 0 Å². The molecule has 0 unspecified atom stereocenters. The fourth-order valence-corrected chi connectivity index (χ4v) is 0.899. The van der Waals surface area contributed by atoms with Gasteiger partial charge in [-0.3, -0.25) is 0 Å². The van der Waals surface area contributed by atoms with Crippen LogP contribution in [-0.4, -0.2) is 5.75 Å². The third-order valence-electron chi connectivity index (χ3n) is 0.934. The van der Waals surface area contributed by atoms with E-state index in [0.717, 1.165) is 5.57 Å². The highest BCUT2D eigenvalue weighted by Crippen LogP contribution is 2.09. The molecule has 0 amide bonds. The zero-order valence-corrected chi connectivity index (χ0v) is 8.83. The summed E-state index contributed by atoms with van der Waals surface area (Å²) in [5.74, 6) is 0.399. The molecule has 0 aliphatic rings. The summed E-state index contributed by atoms with van der Waals surface area (Å²) in [5, 5.41) is 0. The number of rotatable bonds is 4. The van der Waals surface area contributed by atoms with Crippen molar-refractivity contribution >= 4 is 12.1 Å². The molecule has 2 heteroatoms. The standard InChI is InChI=1S/C8H11FS.C2H6/c1-3-5-8(6-4-2)7-10-9;1-2/h3-6H,1,7H2,2H3;1-2H3/b6-4-,8-5+;. The van der Waals surface area contributed by atoms with Crippen LogP contribution in [0.2, 0.25) is 0 Å². The van der Waals surface area contributed by atoms with Crippen LogP contribution in [0.25, 0.3) is 0 Å². The summed E-state index contributed by atoms with van der Waals surface area (Å²) in [4.78, 5) is 0. The molecule has 70 valence electrons. The second-order valence-electron chi connectivity index (χ2n) is 1.73. The fraction of sp³-hybridized carbons (Fsp3) is 0.400. The summed E-state index contributed by atoms with van der Waals surface area (Å²) in [6.45, 7) is 9.43. The van der Waals surface area contributed by atoms with Gasteiger partial charge in [-0.15, -0.1) is 0 Å². The van der Waals surface area contributed by atoms with Crippen LogP contribution < -0.4 is 0 Å². The minimum absolute atomic E-state index is 0.322. The number of halogens is 1. The number of allylic oxidation sites excluding steroid dienone is 4. The van der Waals surface area contributed by atoms with Gasteiger partial charge in [0.1, 0.15) is 0 Å². The lowest BCUT2D eigenvalue weighted by Gasteiger charge is -1.92. The quantitative estimate of drug-likeness (QED) is 0.592. The monoisotopic (exact) mass is 188 g/mol. The Morgan fingerprint density at radius 1 is 1.50 bits per heavy atom. The van der Waals surface area contributed by atoms with Gasteiger partial charge in [0.2, 0.25) is 0 Å². The van der Waals surface area contributed by atoms with Crippen LogP contribution >= 0.6 is 12.1 Å². The van der Waals surface area contributed by atoms with Gasteiger partial charge in [-0.2, -0.15) is 3.89 Å². The van der Waals surface area contributed by atoms with E-state index in [4.69, 9.17) is 0 Å². The highest BCUT2D eigenvalue weighted by Gasteiger charge is 1.89. The number of hydrogen-bond donors (Lipinski definition) is 0. The van der Waals surface area contributed by atoms with Gasteiger partial charge in [-0.05, 0) is 12.5 Å². The largest absolute Gasteiger partial charge is 0.165 e. The zero-order valence-electron chi connectivity index (χ0n) is 8.01. The first kappa shape index (κ1) is 14.0. The lowest BCUT2D eigenvalue weighted by atomic mass is 10.2. The predicted octanol–water partition coefficient (Wildman–Crippen LogP) is 4.32. The average molecular weight is 188 g/mol. The van der Waals surface area contributed by atoms with Gasteiger partial charge in [0.15, 0.2) is 0 Å². The molecule has 0 radical (unpaired) electrons. The Morgan fingerprint density at radius 3 is 2.42 bits per heavy atom. The van der Waals surface area contributed by atoms with Crippen molar-refractivity contribution < 1.29 is 3.89 Å². The van der Waals surface area contributed by atoms with E-state index in [1.165, 1.54) is 0 Å². The molecule has 0 saturated heterocycles. The van der Waals surface area contributed by atoms with E-state index in [-0.39, 0.29) is 0 Å². The maximum absolute atomic E-state index is 11.7. The summed E-state index contributed by atoms with van der Waals surface area (Å²) < 4.78 is 11.7. The van der Waals surface area contributed by atoms with E-state index >= 15 is 0 Å². The van der Waals surface area contributed by atoms with Crippen LogP contribution in [0, 0.1) is 0 Å². The zero-order chi connectivity index (χ0) is 9.82. The van der Waals surface area contributed by atoms with Crippen molar-refractivity contribution in [3.05, 3.63) is 36.5 Å². The van der Waals surface area contributed by atoms with E-state index in [9.17, 15) is 3.89 Å². The van der Waals surface area contributed by atoms with Crippen molar-refractivity contribution in [2.75, 3.05) is 5.75 Å². The van der Waals surface area contributed by atoms with E-state index in [2.05, 4.69) is 6.58 Å². The van der Waals surface area contributed by atoms with Crippen LogP contribution in [0.5, 0.6) is 0 Å². The molecule has 0 bridgehead atoms. The van der Waals surface area contributed by atoms with Crippen LogP contribution in [0.1, 0.15) is 20.8 Å². The summed E-state index contributed by atoms with van der Waals surface area (Å²) in [5.41, 5.74) is 0.949. The summed E-state index contributed by atoms with van der Waals surface area (Å²) in [6.07, 6.45) is 7.21. The van der Waals surface area contributed by atoms with Crippen LogP contribution in [0.4, 0.5) is 3.89 Å². The van der Waals surface area contributed by atoms with Crippen molar-refractivity contribution in [1.82, 2.24) is 0 Å². The first-order chi connectivity index (χ1) is 5.85. The van der Waals surface area contributed by atoms with Crippen molar-refractivity contribution in [2.45, 2.75) is 20.8 Å². The molecule has 0 N–H and O–H groups in total. The minimum Gasteiger partial charge on any atom is -0.165 e. The van der Waals surface area contributed by atoms with Gasteiger partial charge >= 0.3 is 0 Å². The van der Waals surface area contributed by atoms with Gasteiger partial charge < -0.3 is 0 Å². The third-order valence-corrected chi connectivity index (χ3v) is 1.38. The molecule has 0 nitrogen and oxygen atoms in total. The summed E-state index contributed by atoms with van der Waals surface area (Å²) >= 11 is 0.322. The molecule has 0 rings (SSSR count). The fourth-order valence-electron chi connectivity index (χ4n) is 0.580. The Balaban J connectivity index is 0. The lowest BCUT2D eigenvalue weighted by molar-refractivity contribution is 0.938. The highest BCUT2D eigenvalue weighted by molar-refractivity contribution is 7.94. The lowest BCUT2D eigenvalue weighted by Crippen LogP contribution is -1.78. The molecule has 0 saturated carbocycles. The Labute approximate surface area is 79.5 Å².